The van der Waals surface area contributed by atoms with Crippen molar-refractivity contribution in [2.45, 2.75) is 33.2 Å². The Balaban J connectivity index is 2.54. The molecule has 0 spiro atoms. The molecule has 1 saturated heterocycles. The van der Waals surface area contributed by atoms with Crippen LogP contribution in [0.2, 0.25) is 0 Å². The Morgan fingerprint density at radius 1 is 1.38 bits per heavy atom. The largest absolute Gasteiger partial charge is 0.293 e. The minimum atomic E-state index is 0.318. The van der Waals surface area contributed by atoms with Crippen LogP contribution in [-0.2, 0) is 0 Å². The van der Waals surface area contributed by atoms with Crippen molar-refractivity contribution in [1.29, 1.82) is 0 Å². The van der Waals surface area contributed by atoms with Crippen molar-refractivity contribution in [1.82, 2.24) is 4.90 Å². The summed E-state index contributed by atoms with van der Waals surface area (Å²) in [6.07, 6.45) is 0. The zero-order chi connectivity index (χ0) is 10.3. The molecule has 0 atom stereocenters. The molecule has 1 heterocycles. The lowest BCUT2D eigenvalue weighted by molar-refractivity contribution is -0.110. The van der Waals surface area contributed by atoms with Gasteiger partial charge in [0.1, 0.15) is 0 Å². The molecule has 2 heteroatoms. The van der Waals surface area contributed by atoms with Gasteiger partial charge in [0.25, 0.3) is 0 Å². The molecule has 0 aromatic rings. The van der Waals surface area contributed by atoms with E-state index < -0.39 is 0 Å². The highest BCUT2D eigenvalue weighted by atomic mass is 79.9. The molecule has 1 nitrogen and oxygen atoms in total. The maximum atomic E-state index is 4.02. The summed E-state index contributed by atoms with van der Waals surface area (Å²) in [5.41, 5.74) is 2.03. The van der Waals surface area contributed by atoms with Crippen molar-refractivity contribution in [3.05, 3.63) is 12.2 Å². The summed E-state index contributed by atoms with van der Waals surface area (Å²) in [6, 6.07) is 0. The first-order valence-electron chi connectivity index (χ1n) is 4.79. The van der Waals surface area contributed by atoms with E-state index in [2.05, 4.69) is 55.1 Å². The van der Waals surface area contributed by atoms with E-state index in [4.69, 9.17) is 0 Å². The number of rotatable bonds is 3. The first-order chi connectivity index (χ1) is 5.81. The van der Waals surface area contributed by atoms with Gasteiger partial charge >= 0.3 is 0 Å². The van der Waals surface area contributed by atoms with Gasteiger partial charge in [-0.2, -0.15) is 0 Å². The van der Waals surface area contributed by atoms with Crippen LogP contribution >= 0.6 is 15.9 Å². The van der Waals surface area contributed by atoms with Crippen molar-refractivity contribution >= 4 is 15.9 Å². The predicted molar refractivity (Wildman–Crippen MR) is 62.4 cm³/mol. The maximum absolute atomic E-state index is 4.02. The van der Waals surface area contributed by atoms with E-state index in [0.717, 1.165) is 11.9 Å². The van der Waals surface area contributed by atoms with Gasteiger partial charge in [0.15, 0.2) is 0 Å². The molecule has 1 aliphatic rings. The fourth-order valence-electron chi connectivity index (χ4n) is 1.77. The van der Waals surface area contributed by atoms with Gasteiger partial charge in [-0.1, -0.05) is 41.9 Å². The predicted octanol–water partition coefficient (Wildman–Crippen LogP) is 3.06. The van der Waals surface area contributed by atoms with Gasteiger partial charge in [0.05, 0.1) is 0 Å². The summed E-state index contributed by atoms with van der Waals surface area (Å²) in [7, 11) is 0. The number of halogens is 1. The van der Waals surface area contributed by atoms with Crippen LogP contribution in [0.15, 0.2) is 12.2 Å². The molecule has 13 heavy (non-hydrogen) atoms. The third-order valence-electron chi connectivity index (χ3n) is 3.64. The molecule has 0 N–H and O–H groups in total. The third-order valence-corrected chi connectivity index (χ3v) is 4.43. The highest BCUT2D eigenvalue weighted by Gasteiger charge is 2.51. The Bertz CT molecular complexity index is 218. The van der Waals surface area contributed by atoms with Crippen LogP contribution in [0.5, 0.6) is 0 Å². The topological polar surface area (TPSA) is 3.24 Å². The van der Waals surface area contributed by atoms with E-state index in [0.29, 0.717) is 11.0 Å². The lowest BCUT2D eigenvalue weighted by Gasteiger charge is -2.61. The number of likely N-dealkylation sites (tertiary alicyclic amines) is 1. The average Bonchev–Trinajstić information content (AvgIpc) is 2.03. The Morgan fingerprint density at radius 3 is 2.23 bits per heavy atom. The minimum absolute atomic E-state index is 0.318. The summed E-state index contributed by atoms with van der Waals surface area (Å²) < 4.78 is 0. The lowest BCUT2D eigenvalue weighted by atomic mass is 9.65. The van der Waals surface area contributed by atoms with Crippen molar-refractivity contribution in [3.63, 3.8) is 0 Å². The molecule has 0 bridgehead atoms. The Labute approximate surface area is 90.3 Å². The van der Waals surface area contributed by atoms with Crippen LogP contribution in [0.1, 0.15) is 27.7 Å². The van der Waals surface area contributed by atoms with E-state index >= 15 is 0 Å². The first kappa shape index (κ1) is 11.3. The number of hydrogen-bond donors (Lipinski definition) is 0. The Hall–Kier alpha value is 0.180. The molecule has 1 fully saturated rings. The van der Waals surface area contributed by atoms with Crippen LogP contribution < -0.4 is 0 Å². The van der Waals surface area contributed by atoms with Crippen molar-refractivity contribution < 1.29 is 0 Å². The van der Waals surface area contributed by atoms with Gasteiger partial charge in [0, 0.05) is 24.0 Å². The normalized spacial score (nSPS) is 25.3. The van der Waals surface area contributed by atoms with Gasteiger partial charge in [-0.05, 0) is 19.3 Å². The van der Waals surface area contributed by atoms with Crippen molar-refractivity contribution in [3.8, 4) is 0 Å². The van der Waals surface area contributed by atoms with Crippen molar-refractivity contribution in [2.75, 3.05) is 18.4 Å². The van der Waals surface area contributed by atoms with Gasteiger partial charge in [-0.25, -0.2) is 0 Å². The highest BCUT2D eigenvalue weighted by molar-refractivity contribution is 9.09. The smallest absolute Gasteiger partial charge is 0.0251 e. The van der Waals surface area contributed by atoms with E-state index in [1.165, 1.54) is 12.1 Å². The van der Waals surface area contributed by atoms with E-state index in [-0.39, 0.29) is 0 Å². The Kier molecular flexibility index (Phi) is 2.94. The summed E-state index contributed by atoms with van der Waals surface area (Å²) in [6.45, 7) is 15.5. The van der Waals surface area contributed by atoms with Gasteiger partial charge in [0.2, 0.25) is 0 Å². The second-order valence-corrected chi connectivity index (χ2v) is 5.74. The zero-order valence-electron chi connectivity index (χ0n) is 9.15. The summed E-state index contributed by atoms with van der Waals surface area (Å²) >= 11 is 3.44. The SMILES string of the molecule is C=C(CBr)CN1CC(C)(C)C1(C)C. The third kappa shape index (κ3) is 1.84. The lowest BCUT2D eigenvalue weighted by Crippen LogP contribution is -2.69. The molecule has 0 amide bonds. The van der Waals surface area contributed by atoms with Gasteiger partial charge < -0.3 is 0 Å². The van der Waals surface area contributed by atoms with Crippen LogP contribution in [0.4, 0.5) is 0 Å². The van der Waals surface area contributed by atoms with Gasteiger partial charge in [-0.15, -0.1) is 0 Å². The molecule has 0 aromatic carbocycles. The quantitative estimate of drug-likeness (QED) is 0.546. The molecule has 0 aromatic heterocycles. The number of alkyl halides is 1. The monoisotopic (exact) mass is 245 g/mol. The molecular formula is C11H20BrN. The standard InChI is InChI=1S/C11H20BrN/c1-9(6-12)7-13-8-10(2,3)11(13,4)5/h1,6-8H2,2-5H3. The fraction of sp³-hybridized carbons (Fsp3) is 0.818. The second-order valence-electron chi connectivity index (χ2n) is 5.18. The average molecular weight is 246 g/mol. The summed E-state index contributed by atoms with van der Waals surface area (Å²) in [4.78, 5) is 2.50. The zero-order valence-corrected chi connectivity index (χ0v) is 10.7. The van der Waals surface area contributed by atoms with Crippen LogP contribution in [0.25, 0.3) is 0 Å². The van der Waals surface area contributed by atoms with Crippen LogP contribution in [-0.4, -0.2) is 28.9 Å². The highest BCUT2D eigenvalue weighted by Crippen LogP contribution is 2.46. The molecule has 1 rings (SSSR count). The molecule has 0 radical (unpaired) electrons. The number of nitrogens with zero attached hydrogens (tertiary/aromatic N) is 1. The van der Waals surface area contributed by atoms with E-state index in [1.54, 1.807) is 0 Å². The molecular weight excluding hydrogens is 226 g/mol. The minimum Gasteiger partial charge on any atom is -0.293 e. The van der Waals surface area contributed by atoms with Crippen LogP contribution in [0, 0.1) is 5.41 Å². The molecule has 0 saturated carbocycles. The van der Waals surface area contributed by atoms with E-state index in [9.17, 15) is 0 Å². The van der Waals surface area contributed by atoms with E-state index in [1.807, 2.05) is 0 Å². The van der Waals surface area contributed by atoms with Crippen molar-refractivity contribution in [2.24, 2.45) is 5.41 Å². The summed E-state index contributed by atoms with van der Waals surface area (Å²) in [5.74, 6) is 0. The molecule has 0 aliphatic carbocycles. The van der Waals surface area contributed by atoms with Gasteiger partial charge in [-0.3, -0.25) is 4.90 Å². The van der Waals surface area contributed by atoms with Crippen LogP contribution in [0.3, 0.4) is 0 Å². The molecule has 1 aliphatic heterocycles. The first-order valence-corrected chi connectivity index (χ1v) is 5.91. The number of hydrogen-bond acceptors (Lipinski definition) is 1. The summed E-state index contributed by atoms with van der Waals surface area (Å²) in [5, 5.41) is 0.917. The molecule has 76 valence electrons. The molecule has 0 unspecified atom stereocenters. The fourth-order valence-corrected chi connectivity index (χ4v) is 1.95. The Morgan fingerprint density at radius 2 is 1.92 bits per heavy atom. The second kappa shape index (κ2) is 3.39. The maximum Gasteiger partial charge on any atom is 0.0251 e.